The van der Waals surface area contributed by atoms with Gasteiger partial charge in [-0.15, -0.1) is 0 Å². The molecule has 0 N–H and O–H groups in total. The molecule has 0 aliphatic heterocycles. The molecule has 0 amide bonds. The third-order valence-electron chi connectivity index (χ3n) is 3.04. The van der Waals surface area contributed by atoms with Crippen molar-refractivity contribution in [2.75, 3.05) is 0 Å². The van der Waals surface area contributed by atoms with Crippen LogP contribution in [0.25, 0.3) is 0 Å². The molecule has 0 spiro atoms. The zero-order valence-corrected chi connectivity index (χ0v) is 18.2. The van der Waals surface area contributed by atoms with Crippen molar-refractivity contribution in [2.45, 2.75) is 0 Å². The molecule has 3 rings (SSSR count). The topological polar surface area (TPSA) is 79.6 Å². The molecule has 3 aromatic carbocycles. The molecule has 4 nitrogen and oxygen atoms in total. The molecule has 0 unspecified atom stereocenters. The fourth-order valence-electron chi connectivity index (χ4n) is 2.18. The molecule has 0 saturated heterocycles. The summed E-state index contributed by atoms with van der Waals surface area (Å²) in [7, 11) is -0.446. The maximum Gasteiger partial charge on any atom is 0 e. The van der Waals surface area contributed by atoms with Gasteiger partial charge < -0.3 is 0 Å². The van der Waals surface area contributed by atoms with Crippen LogP contribution in [-0.4, -0.2) is 0 Å². The van der Waals surface area contributed by atoms with Crippen LogP contribution in [0.4, 0.5) is 0 Å². The minimum atomic E-state index is -0.446. The quantitative estimate of drug-likeness (QED) is 0.268. The Morgan fingerprint density at radius 1 is 0.393 bits per heavy atom. The van der Waals surface area contributed by atoms with E-state index in [4.69, 9.17) is 18.6 Å². The van der Waals surface area contributed by atoms with Crippen LogP contribution in [0.3, 0.4) is 0 Å². The van der Waals surface area contributed by atoms with Gasteiger partial charge in [-0.25, -0.2) is 0 Å². The molecule has 6 heteroatoms. The summed E-state index contributed by atoms with van der Waals surface area (Å²) in [5.74, 6) is 0. The van der Waals surface area contributed by atoms with Crippen molar-refractivity contribution < 1.29 is 39.0 Å². The Kier molecular flexibility index (Phi) is 24.7. The van der Waals surface area contributed by atoms with Gasteiger partial charge in [-0.1, -0.05) is 91.0 Å². The molecule has 28 heavy (non-hydrogen) atoms. The first-order valence-electron chi connectivity index (χ1n) is 7.22. The van der Waals surface area contributed by atoms with Gasteiger partial charge in [0.05, 0.1) is 0 Å². The van der Waals surface area contributed by atoms with E-state index in [9.17, 15) is 0 Å². The zero-order chi connectivity index (χ0) is 20.9. The second-order valence-corrected chi connectivity index (χ2v) is 6.56. The summed E-state index contributed by atoms with van der Waals surface area (Å²) >= 11 is 0. The molecule has 0 aromatic heterocycles. The Morgan fingerprint density at radius 3 is 0.750 bits per heavy atom. The summed E-state index contributed by atoms with van der Waals surface area (Å²) in [4.78, 5) is 0. The maximum atomic E-state index is 7.50. The minimum absolute atomic E-state index is 0. The van der Waals surface area contributed by atoms with Gasteiger partial charge in [0.25, 0.3) is 0 Å². The first-order chi connectivity index (χ1) is 13.4. The second kappa shape index (κ2) is 22.8. The monoisotopic (exact) mass is 561 g/mol. The predicted octanol–water partition coefficient (Wildman–Crippen LogP) is 3.29. The van der Waals surface area contributed by atoms with Gasteiger partial charge in [0.1, 0.15) is 0 Å². The normalized spacial score (nSPS) is 7.46. The summed E-state index contributed by atoms with van der Waals surface area (Å²) in [6, 6.07) is 32.3. The molecule has 0 atom stereocenters. The van der Waals surface area contributed by atoms with Crippen molar-refractivity contribution in [3.63, 3.8) is 0 Å². The first-order valence-corrected chi connectivity index (χ1v) is 8.56. The number of hydrogen-bond acceptors (Lipinski definition) is 0. The van der Waals surface area contributed by atoms with Crippen molar-refractivity contribution >= 4 is 23.8 Å². The third kappa shape index (κ3) is 10.8. The van der Waals surface area contributed by atoms with Crippen LogP contribution >= 0.6 is 7.92 Å². The summed E-state index contributed by atoms with van der Waals surface area (Å²) in [6.45, 7) is 18.0. The van der Waals surface area contributed by atoms with Crippen LogP contribution in [0.5, 0.6) is 0 Å². The minimum Gasteiger partial charge on any atom is -0.0622 e. The molecule has 3 aromatic rings. The van der Waals surface area contributed by atoms with Crippen molar-refractivity contribution in [1.82, 2.24) is 0 Å². The van der Waals surface area contributed by atoms with E-state index in [1.54, 1.807) is 0 Å². The second-order valence-electron chi connectivity index (χ2n) is 4.34. The molecule has 0 aliphatic rings. The van der Waals surface area contributed by atoms with Crippen LogP contribution in [0, 0.1) is 26.6 Å². The van der Waals surface area contributed by atoms with Crippen LogP contribution in [-0.2, 0) is 39.0 Å². The summed E-state index contributed by atoms with van der Waals surface area (Å²) < 4.78 is 30.0. The fourth-order valence-corrected chi connectivity index (χ4v) is 4.48. The number of benzene rings is 3. The van der Waals surface area contributed by atoms with E-state index in [1.165, 1.54) is 15.9 Å². The molecular formula is C22H15O4PRe. The van der Waals surface area contributed by atoms with E-state index >= 15 is 0 Å². The molecule has 1 radical (unpaired) electrons. The number of hydrogen-bond donors (Lipinski definition) is 0. The molecule has 0 aliphatic carbocycles. The van der Waals surface area contributed by atoms with Gasteiger partial charge >= 0.3 is 45.2 Å². The van der Waals surface area contributed by atoms with Crippen molar-refractivity contribution in [1.29, 1.82) is 0 Å². The average Bonchev–Trinajstić information content (AvgIpc) is 2.82. The Bertz CT molecular complexity index is 683. The summed E-state index contributed by atoms with van der Waals surface area (Å²) in [5.41, 5.74) is 0. The molecule has 0 bridgehead atoms. The van der Waals surface area contributed by atoms with Crippen LogP contribution in [0.1, 0.15) is 0 Å². The standard InChI is InChI=1S/C18H15P.4CO.Re/c1-4-10-16(11-5-1)19(17-12-6-2-7-13-17)18-14-8-3-9-15-18;4*1-2;/h1-15H;;;;;. The van der Waals surface area contributed by atoms with Crippen molar-refractivity contribution in [2.24, 2.45) is 0 Å². The Morgan fingerprint density at radius 2 is 0.571 bits per heavy atom. The summed E-state index contributed by atoms with van der Waals surface area (Å²) in [5, 5.41) is 4.19. The van der Waals surface area contributed by atoms with E-state index in [0.717, 1.165) is 0 Å². The van der Waals surface area contributed by atoms with E-state index < -0.39 is 7.92 Å². The molecule has 0 saturated carbocycles. The molecule has 0 heterocycles. The largest absolute Gasteiger partial charge is 0.0622 e. The van der Waals surface area contributed by atoms with Crippen LogP contribution in [0.2, 0.25) is 0 Å². The summed E-state index contributed by atoms with van der Waals surface area (Å²) in [6.07, 6.45) is 0. The maximum absolute atomic E-state index is 7.50. The SMILES string of the molecule is [C-]#[O+].[C-]#[O+].[C-]#[O+].[C-]#[O+].[Re].c1ccc(P(c2ccccc2)c2ccccc2)cc1. The van der Waals surface area contributed by atoms with Crippen LogP contribution in [0.15, 0.2) is 91.0 Å². The Balaban J connectivity index is -0.000000622. The Hall–Kier alpha value is -2.29. The predicted molar refractivity (Wildman–Crippen MR) is 101 cm³/mol. The van der Waals surface area contributed by atoms with E-state index in [-0.39, 0.29) is 20.4 Å². The van der Waals surface area contributed by atoms with Crippen LogP contribution < -0.4 is 15.9 Å². The molecular weight excluding hydrogens is 545 g/mol. The van der Waals surface area contributed by atoms with Crippen molar-refractivity contribution in [3.8, 4) is 0 Å². The zero-order valence-electron chi connectivity index (χ0n) is 14.6. The third-order valence-corrected chi connectivity index (χ3v) is 5.49. The first kappa shape index (κ1) is 30.4. The van der Waals surface area contributed by atoms with Gasteiger partial charge in [-0.2, -0.15) is 0 Å². The fraction of sp³-hybridized carbons (Fsp3) is 0. The van der Waals surface area contributed by atoms with Crippen molar-refractivity contribution in [3.05, 3.63) is 118 Å². The molecule has 139 valence electrons. The van der Waals surface area contributed by atoms with E-state index in [2.05, 4.69) is 118 Å². The Labute approximate surface area is 180 Å². The number of rotatable bonds is 3. The average molecular weight is 561 g/mol. The van der Waals surface area contributed by atoms with Gasteiger partial charge in [0.15, 0.2) is 0 Å². The molecule has 0 fully saturated rings. The van der Waals surface area contributed by atoms with Gasteiger partial charge in [0.2, 0.25) is 0 Å². The van der Waals surface area contributed by atoms with Gasteiger partial charge in [-0.3, -0.25) is 0 Å². The smallest absolute Gasteiger partial charge is 0 e. The van der Waals surface area contributed by atoms with Gasteiger partial charge in [0, 0.05) is 20.4 Å². The van der Waals surface area contributed by atoms with E-state index in [1.807, 2.05) is 0 Å². The van der Waals surface area contributed by atoms with E-state index in [0.29, 0.717) is 0 Å². The van der Waals surface area contributed by atoms with Gasteiger partial charge in [-0.05, 0) is 23.8 Å².